The Morgan fingerprint density at radius 3 is 2.45 bits per heavy atom. The van der Waals surface area contributed by atoms with Gasteiger partial charge in [0.15, 0.2) is 0 Å². The molecule has 0 aromatic heterocycles. The van der Waals surface area contributed by atoms with Gasteiger partial charge in [-0.3, -0.25) is 0 Å². The summed E-state index contributed by atoms with van der Waals surface area (Å²) >= 11 is 11.2. The van der Waals surface area contributed by atoms with Crippen LogP contribution in [0.3, 0.4) is 0 Å². The molecule has 0 aliphatic rings. The highest BCUT2D eigenvalue weighted by Crippen LogP contribution is 2.10. The van der Waals surface area contributed by atoms with Crippen molar-refractivity contribution in [3.63, 3.8) is 0 Å². The maximum absolute atomic E-state index is 5.73. The lowest BCUT2D eigenvalue weighted by molar-refractivity contribution is 1.63. The maximum atomic E-state index is 5.73. The lowest BCUT2D eigenvalue weighted by Crippen LogP contribution is -1.73. The molecule has 1 rings (SSSR count). The molecule has 58 valence electrons. The van der Waals surface area contributed by atoms with Crippen LogP contribution in [0.2, 0.25) is 0 Å². The third kappa shape index (κ3) is 2.96. The van der Waals surface area contributed by atoms with Crippen molar-refractivity contribution >= 4 is 29.3 Å². The molecule has 0 bridgehead atoms. The first-order chi connectivity index (χ1) is 5.33. The predicted octanol–water partition coefficient (Wildman–Crippen LogP) is 3.51. The van der Waals surface area contributed by atoms with E-state index in [9.17, 15) is 0 Å². The Hall–Kier alpha value is -0.460. The van der Waals surface area contributed by atoms with Crippen molar-refractivity contribution in [2.24, 2.45) is 0 Å². The summed E-state index contributed by atoms with van der Waals surface area (Å²) in [5.74, 6) is 0.371. The van der Waals surface area contributed by atoms with Crippen LogP contribution in [0.1, 0.15) is 5.56 Å². The Bertz CT molecular complexity index is 239. The smallest absolute Gasteiger partial charge is 0.0582 e. The highest BCUT2D eigenvalue weighted by Gasteiger charge is 1.88. The second kappa shape index (κ2) is 4.42. The van der Waals surface area contributed by atoms with E-state index < -0.39 is 0 Å². The minimum atomic E-state index is 0.371. The molecule has 1 aromatic rings. The van der Waals surface area contributed by atoms with Gasteiger partial charge in [0.2, 0.25) is 0 Å². The molecular formula is C9H8Cl2. The Labute approximate surface area is 76.4 Å². The number of rotatable bonds is 2. The zero-order valence-electron chi connectivity index (χ0n) is 5.93. The quantitative estimate of drug-likeness (QED) is 0.621. The molecule has 0 spiro atoms. The van der Waals surface area contributed by atoms with Crippen molar-refractivity contribution in [3.05, 3.63) is 40.9 Å². The van der Waals surface area contributed by atoms with Gasteiger partial charge in [-0.15, -0.1) is 11.6 Å². The van der Waals surface area contributed by atoms with Gasteiger partial charge in [0.25, 0.3) is 0 Å². The van der Waals surface area contributed by atoms with E-state index >= 15 is 0 Å². The minimum Gasteiger partial charge on any atom is -0.121 e. The Kier molecular flexibility index (Phi) is 3.47. The lowest BCUT2D eigenvalue weighted by atomic mass is 10.2. The van der Waals surface area contributed by atoms with Crippen LogP contribution in [-0.4, -0.2) is 5.88 Å². The predicted molar refractivity (Wildman–Crippen MR) is 51.0 cm³/mol. The first-order valence-corrected chi connectivity index (χ1v) is 4.21. The molecule has 1 aromatic carbocycles. The van der Waals surface area contributed by atoms with Gasteiger partial charge in [-0.05, 0) is 11.6 Å². The summed E-state index contributed by atoms with van der Waals surface area (Å²) in [7, 11) is 0. The maximum Gasteiger partial charge on any atom is 0.0582 e. The molecule has 0 saturated carbocycles. The number of halogens is 2. The van der Waals surface area contributed by atoms with E-state index in [2.05, 4.69) is 0 Å². The fourth-order valence-corrected chi connectivity index (χ4v) is 0.972. The van der Waals surface area contributed by atoms with E-state index in [0.717, 1.165) is 5.56 Å². The molecule has 0 fully saturated rings. The molecule has 0 aliphatic heterocycles. The van der Waals surface area contributed by atoms with E-state index in [-0.39, 0.29) is 0 Å². The van der Waals surface area contributed by atoms with Crippen LogP contribution in [0.25, 0.3) is 6.08 Å². The number of hydrogen-bond acceptors (Lipinski definition) is 0. The average molecular weight is 187 g/mol. The van der Waals surface area contributed by atoms with Crippen LogP contribution in [0.4, 0.5) is 0 Å². The van der Waals surface area contributed by atoms with Crippen LogP contribution in [0, 0.1) is 0 Å². The van der Waals surface area contributed by atoms with Gasteiger partial charge in [-0.1, -0.05) is 41.9 Å². The zero-order valence-corrected chi connectivity index (χ0v) is 7.44. The fourth-order valence-electron chi connectivity index (χ4n) is 0.769. The normalized spacial score (nSPS) is 11.6. The monoisotopic (exact) mass is 186 g/mol. The van der Waals surface area contributed by atoms with E-state index in [4.69, 9.17) is 23.2 Å². The van der Waals surface area contributed by atoms with Crippen molar-refractivity contribution in [3.8, 4) is 0 Å². The summed E-state index contributed by atoms with van der Waals surface area (Å²) in [6.07, 6.45) is 1.86. The van der Waals surface area contributed by atoms with E-state index in [0.29, 0.717) is 10.9 Å². The number of benzene rings is 1. The molecule has 0 heterocycles. The number of allylic oxidation sites excluding steroid dienone is 1. The summed E-state index contributed by atoms with van der Waals surface area (Å²) < 4.78 is 0. The Morgan fingerprint density at radius 1 is 1.27 bits per heavy atom. The van der Waals surface area contributed by atoms with Gasteiger partial charge in [0, 0.05) is 5.03 Å². The molecule has 2 heteroatoms. The van der Waals surface area contributed by atoms with Crippen LogP contribution in [0.5, 0.6) is 0 Å². The van der Waals surface area contributed by atoms with Gasteiger partial charge in [0.1, 0.15) is 0 Å². The highest BCUT2D eigenvalue weighted by atomic mass is 35.5. The van der Waals surface area contributed by atoms with Crippen LogP contribution >= 0.6 is 23.2 Å². The largest absolute Gasteiger partial charge is 0.121 e. The first kappa shape index (κ1) is 8.63. The molecule has 0 amide bonds. The second-order valence-electron chi connectivity index (χ2n) is 2.14. The average Bonchev–Trinajstić information content (AvgIpc) is 2.06. The topological polar surface area (TPSA) is 0 Å². The fraction of sp³-hybridized carbons (Fsp3) is 0.111. The lowest BCUT2D eigenvalue weighted by Gasteiger charge is -1.92. The highest BCUT2D eigenvalue weighted by molar-refractivity contribution is 6.37. The molecule has 11 heavy (non-hydrogen) atoms. The molecule has 0 aliphatic carbocycles. The van der Waals surface area contributed by atoms with Gasteiger partial charge in [-0.2, -0.15) is 0 Å². The molecule has 0 nitrogen and oxygen atoms in total. The van der Waals surface area contributed by atoms with Gasteiger partial charge in [0.05, 0.1) is 5.88 Å². The summed E-state index contributed by atoms with van der Waals surface area (Å²) in [5, 5.41) is 0.665. The molecule has 0 atom stereocenters. The van der Waals surface area contributed by atoms with E-state index in [1.165, 1.54) is 0 Å². The van der Waals surface area contributed by atoms with Gasteiger partial charge in [-0.25, -0.2) is 0 Å². The first-order valence-electron chi connectivity index (χ1n) is 3.30. The molecule has 0 radical (unpaired) electrons. The van der Waals surface area contributed by atoms with Crippen LogP contribution < -0.4 is 0 Å². The van der Waals surface area contributed by atoms with Crippen molar-refractivity contribution in [1.29, 1.82) is 0 Å². The van der Waals surface area contributed by atoms with Crippen molar-refractivity contribution < 1.29 is 0 Å². The minimum absolute atomic E-state index is 0.371. The Balaban J connectivity index is 2.79. The SMILES string of the molecule is ClC/C(Cl)=C/c1ccccc1. The summed E-state index contributed by atoms with van der Waals surface area (Å²) in [4.78, 5) is 0. The van der Waals surface area contributed by atoms with Crippen molar-refractivity contribution in [2.45, 2.75) is 0 Å². The Morgan fingerprint density at radius 2 is 1.91 bits per heavy atom. The standard InChI is InChI=1S/C9H8Cl2/c10-7-9(11)6-8-4-2-1-3-5-8/h1-6H,7H2/b9-6-. The van der Waals surface area contributed by atoms with Crippen molar-refractivity contribution in [2.75, 3.05) is 5.88 Å². The van der Waals surface area contributed by atoms with Crippen LogP contribution in [0.15, 0.2) is 35.4 Å². The molecule has 0 unspecified atom stereocenters. The van der Waals surface area contributed by atoms with E-state index in [1.54, 1.807) is 0 Å². The summed E-state index contributed by atoms with van der Waals surface area (Å²) in [6, 6.07) is 9.85. The molecule has 0 N–H and O–H groups in total. The summed E-state index contributed by atoms with van der Waals surface area (Å²) in [6.45, 7) is 0. The number of alkyl halides is 1. The zero-order chi connectivity index (χ0) is 8.10. The van der Waals surface area contributed by atoms with Gasteiger partial charge >= 0.3 is 0 Å². The van der Waals surface area contributed by atoms with Gasteiger partial charge < -0.3 is 0 Å². The molecule has 0 saturated heterocycles. The second-order valence-corrected chi connectivity index (χ2v) is 2.89. The molecular weight excluding hydrogens is 179 g/mol. The number of hydrogen-bond donors (Lipinski definition) is 0. The van der Waals surface area contributed by atoms with Crippen LogP contribution in [-0.2, 0) is 0 Å². The third-order valence-electron chi connectivity index (χ3n) is 1.25. The van der Waals surface area contributed by atoms with E-state index in [1.807, 2.05) is 36.4 Å². The third-order valence-corrected chi connectivity index (χ3v) is 1.92. The summed E-state index contributed by atoms with van der Waals surface area (Å²) in [5.41, 5.74) is 1.08. The van der Waals surface area contributed by atoms with Crippen molar-refractivity contribution in [1.82, 2.24) is 0 Å².